The molecule has 0 aliphatic carbocycles. The maximum absolute atomic E-state index is 11.9. The van der Waals surface area contributed by atoms with E-state index in [-0.39, 0.29) is 0 Å². The van der Waals surface area contributed by atoms with Crippen LogP contribution >= 0.6 is 0 Å². The van der Waals surface area contributed by atoms with Crippen LogP contribution in [-0.4, -0.2) is 12.6 Å². The largest absolute Gasteiger partial charge is 0.412 e. The molecular formula is C21H19NO2. The number of amides is 1. The van der Waals surface area contributed by atoms with Gasteiger partial charge in [0.25, 0.3) is 0 Å². The lowest BCUT2D eigenvalue weighted by atomic mass is 10.1. The molecule has 1 N–H and O–H groups in total. The highest BCUT2D eigenvalue weighted by atomic mass is 16.6. The van der Waals surface area contributed by atoms with Gasteiger partial charge in [0, 0.05) is 6.54 Å². The van der Waals surface area contributed by atoms with Crippen molar-refractivity contribution in [2.75, 3.05) is 6.54 Å². The predicted molar refractivity (Wildman–Crippen MR) is 96.1 cm³/mol. The van der Waals surface area contributed by atoms with Crippen LogP contribution in [0.25, 0.3) is 11.1 Å². The normalized spacial score (nSPS) is 10.2. The molecule has 3 rings (SSSR count). The molecule has 0 aromatic heterocycles. The standard InChI is InChI=1S/C21H19NO2/c23-21(22-15-14-17-8-3-1-4-9-17)24-20-13-7-12-19(16-20)18-10-5-2-6-11-18/h1-13,16H,14-15H2,(H,22,23). The number of carbonyl (C=O) groups excluding carboxylic acids is 1. The molecule has 3 aromatic carbocycles. The van der Waals surface area contributed by atoms with Gasteiger partial charge in [0.15, 0.2) is 0 Å². The van der Waals surface area contributed by atoms with Crippen LogP contribution in [0, 0.1) is 0 Å². The Bertz CT molecular complexity index is 785. The number of nitrogens with one attached hydrogen (secondary N) is 1. The van der Waals surface area contributed by atoms with Gasteiger partial charge in [0.05, 0.1) is 0 Å². The molecule has 0 spiro atoms. The lowest BCUT2D eigenvalue weighted by molar-refractivity contribution is 0.200. The molecule has 0 radical (unpaired) electrons. The molecule has 120 valence electrons. The second kappa shape index (κ2) is 7.97. The smallest absolute Gasteiger partial charge is 0.410 e. The van der Waals surface area contributed by atoms with Gasteiger partial charge in [0.1, 0.15) is 5.75 Å². The lowest BCUT2D eigenvalue weighted by Gasteiger charge is -2.08. The van der Waals surface area contributed by atoms with Gasteiger partial charge >= 0.3 is 6.09 Å². The van der Waals surface area contributed by atoms with Crippen LogP contribution in [0.2, 0.25) is 0 Å². The van der Waals surface area contributed by atoms with E-state index in [0.29, 0.717) is 12.3 Å². The van der Waals surface area contributed by atoms with Crippen molar-refractivity contribution in [2.45, 2.75) is 6.42 Å². The highest BCUT2D eigenvalue weighted by Gasteiger charge is 2.05. The minimum absolute atomic E-state index is 0.434. The summed E-state index contributed by atoms with van der Waals surface area (Å²) in [5.74, 6) is 0.536. The third-order valence-corrected chi connectivity index (χ3v) is 3.68. The Kier molecular flexibility index (Phi) is 5.25. The van der Waals surface area contributed by atoms with Crippen LogP contribution < -0.4 is 10.1 Å². The summed E-state index contributed by atoms with van der Waals surface area (Å²) in [5, 5.41) is 2.78. The Balaban J connectivity index is 1.55. The molecule has 3 heteroatoms. The molecule has 0 aliphatic heterocycles. The molecule has 3 nitrogen and oxygen atoms in total. The molecule has 0 aliphatic rings. The average molecular weight is 317 g/mol. The highest BCUT2D eigenvalue weighted by molar-refractivity contribution is 5.72. The van der Waals surface area contributed by atoms with Crippen LogP contribution in [-0.2, 0) is 6.42 Å². The number of carbonyl (C=O) groups is 1. The first kappa shape index (κ1) is 15.8. The van der Waals surface area contributed by atoms with E-state index in [1.165, 1.54) is 5.56 Å². The second-order valence-corrected chi connectivity index (χ2v) is 5.45. The Morgan fingerprint density at radius 2 is 1.46 bits per heavy atom. The summed E-state index contributed by atoms with van der Waals surface area (Å²) < 4.78 is 5.36. The third-order valence-electron chi connectivity index (χ3n) is 3.68. The summed E-state index contributed by atoms with van der Waals surface area (Å²) in [6.07, 6.45) is 0.344. The molecule has 3 aromatic rings. The van der Waals surface area contributed by atoms with Crippen LogP contribution in [0.3, 0.4) is 0 Å². The van der Waals surface area contributed by atoms with Crippen molar-refractivity contribution >= 4 is 6.09 Å². The van der Waals surface area contributed by atoms with E-state index in [0.717, 1.165) is 17.5 Å². The fourth-order valence-corrected chi connectivity index (χ4v) is 2.47. The number of hydrogen-bond acceptors (Lipinski definition) is 2. The molecule has 24 heavy (non-hydrogen) atoms. The second-order valence-electron chi connectivity index (χ2n) is 5.45. The van der Waals surface area contributed by atoms with Crippen molar-refractivity contribution in [1.29, 1.82) is 0 Å². The number of rotatable bonds is 5. The molecule has 0 bridgehead atoms. The quantitative estimate of drug-likeness (QED) is 0.741. The first-order valence-corrected chi connectivity index (χ1v) is 7.96. The molecule has 0 fully saturated rings. The topological polar surface area (TPSA) is 38.3 Å². The van der Waals surface area contributed by atoms with E-state index in [2.05, 4.69) is 5.32 Å². The van der Waals surface area contributed by atoms with Crippen LogP contribution in [0.4, 0.5) is 4.79 Å². The maximum atomic E-state index is 11.9. The third kappa shape index (κ3) is 4.46. The van der Waals surface area contributed by atoms with Gasteiger partial charge in [-0.3, -0.25) is 0 Å². The summed E-state index contributed by atoms with van der Waals surface area (Å²) >= 11 is 0. The Labute approximate surface area is 141 Å². The first-order valence-electron chi connectivity index (χ1n) is 7.96. The Hall–Kier alpha value is -3.07. The van der Waals surface area contributed by atoms with Gasteiger partial charge in [0.2, 0.25) is 0 Å². The number of ether oxygens (including phenoxy) is 1. The van der Waals surface area contributed by atoms with Crippen molar-refractivity contribution in [1.82, 2.24) is 5.32 Å². The van der Waals surface area contributed by atoms with Crippen molar-refractivity contribution in [3.8, 4) is 16.9 Å². The SMILES string of the molecule is O=C(NCCc1ccccc1)Oc1cccc(-c2ccccc2)c1. The van der Waals surface area contributed by atoms with E-state index in [1.807, 2.05) is 78.9 Å². The average Bonchev–Trinajstić information content (AvgIpc) is 2.63. The fourth-order valence-electron chi connectivity index (χ4n) is 2.47. The maximum Gasteiger partial charge on any atom is 0.412 e. The van der Waals surface area contributed by atoms with Crippen molar-refractivity contribution in [3.05, 3.63) is 90.5 Å². The van der Waals surface area contributed by atoms with Crippen molar-refractivity contribution < 1.29 is 9.53 Å². The van der Waals surface area contributed by atoms with E-state index < -0.39 is 6.09 Å². The van der Waals surface area contributed by atoms with Crippen LogP contribution in [0.15, 0.2) is 84.9 Å². The zero-order chi connectivity index (χ0) is 16.6. The van der Waals surface area contributed by atoms with Crippen LogP contribution in [0.1, 0.15) is 5.56 Å². The Morgan fingerprint density at radius 3 is 2.21 bits per heavy atom. The lowest BCUT2D eigenvalue weighted by Crippen LogP contribution is -2.28. The van der Waals surface area contributed by atoms with Crippen molar-refractivity contribution in [3.63, 3.8) is 0 Å². The minimum Gasteiger partial charge on any atom is -0.410 e. The highest BCUT2D eigenvalue weighted by Crippen LogP contribution is 2.23. The van der Waals surface area contributed by atoms with Gasteiger partial charge in [-0.15, -0.1) is 0 Å². The first-order chi connectivity index (χ1) is 11.8. The summed E-state index contributed by atoms with van der Waals surface area (Å²) in [4.78, 5) is 11.9. The van der Waals surface area contributed by atoms with E-state index in [9.17, 15) is 4.79 Å². The van der Waals surface area contributed by atoms with Gasteiger partial charge in [-0.2, -0.15) is 0 Å². The summed E-state index contributed by atoms with van der Waals surface area (Å²) in [5.41, 5.74) is 3.29. The van der Waals surface area contributed by atoms with E-state index in [4.69, 9.17) is 4.74 Å². The van der Waals surface area contributed by atoms with Crippen molar-refractivity contribution in [2.24, 2.45) is 0 Å². The summed E-state index contributed by atoms with van der Waals surface area (Å²) in [6.45, 7) is 0.543. The van der Waals surface area contributed by atoms with E-state index >= 15 is 0 Å². The van der Waals surface area contributed by atoms with Gasteiger partial charge in [-0.25, -0.2) is 4.79 Å². The Morgan fingerprint density at radius 1 is 0.792 bits per heavy atom. The monoisotopic (exact) mass is 317 g/mol. The molecule has 0 saturated heterocycles. The fraction of sp³-hybridized carbons (Fsp3) is 0.0952. The molecule has 0 atom stereocenters. The molecule has 0 unspecified atom stereocenters. The minimum atomic E-state index is -0.434. The molecule has 0 heterocycles. The van der Waals surface area contributed by atoms with Gasteiger partial charge < -0.3 is 10.1 Å². The van der Waals surface area contributed by atoms with Gasteiger partial charge in [-0.1, -0.05) is 72.8 Å². The zero-order valence-electron chi connectivity index (χ0n) is 13.3. The predicted octanol–water partition coefficient (Wildman–Crippen LogP) is 4.68. The molecular weight excluding hydrogens is 298 g/mol. The molecule has 0 saturated carbocycles. The van der Waals surface area contributed by atoms with Crippen LogP contribution in [0.5, 0.6) is 5.75 Å². The van der Waals surface area contributed by atoms with Gasteiger partial charge in [-0.05, 0) is 35.2 Å². The summed E-state index contributed by atoms with van der Waals surface area (Å²) in [6, 6.07) is 27.6. The van der Waals surface area contributed by atoms with E-state index in [1.54, 1.807) is 6.07 Å². The molecule has 1 amide bonds. The zero-order valence-corrected chi connectivity index (χ0v) is 13.3. The number of hydrogen-bond donors (Lipinski definition) is 1. The summed E-state index contributed by atoms with van der Waals surface area (Å²) in [7, 11) is 0. The number of benzene rings is 3.